The van der Waals surface area contributed by atoms with Crippen LogP contribution in [-0.4, -0.2) is 43.9 Å². The maximum atomic E-state index is 12.8. The summed E-state index contributed by atoms with van der Waals surface area (Å²) < 4.78 is 51.8. The molecule has 0 fully saturated rings. The van der Waals surface area contributed by atoms with E-state index in [2.05, 4.69) is 9.82 Å². The standard InChI is InChI=1S/C19H22N4O6S2/c1-3-11-31(28,29)22-19(15-5-4-6-17(12-15)23(24)25)13-18(20-22)14-7-9-16(10-8-14)21-30(2,26)27/h4-10,12,19,21H,3,11,13H2,1-2H3/t19-/m0/s1. The molecule has 3 rings (SSSR count). The van der Waals surface area contributed by atoms with Crippen molar-refractivity contribution in [2.45, 2.75) is 25.8 Å². The van der Waals surface area contributed by atoms with Crippen LogP contribution in [0.2, 0.25) is 0 Å². The Balaban J connectivity index is 1.98. The second-order valence-electron chi connectivity index (χ2n) is 7.16. The number of rotatable bonds is 8. The van der Waals surface area contributed by atoms with E-state index in [-0.39, 0.29) is 17.9 Å². The van der Waals surface area contributed by atoms with Crippen LogP contribution in [0.1, 0.15) is 36.9 Å². The lowest BCUT2D eigenvalue weighted by atomic mass is 9.99. The van der Waals surface area contributed by atoms with Crippen LogP contribution >= 0.6 is 0 Å². The molecular weight excluding hydrogens is 444 g/mol. The van der Waals surface area contributed by atoms with Crippen LogP contribution in [0.4, 0.5) is 11.4 Å². The summed E-state index contributed by atoms with van der Waals surface area (Å²) in [5.41, 5.74) is 1.83. The molecule has 2 aromatic carbocycles. The summed E-state index contributed by atoms with van der Waals surface area (Å²) in [4.78, 5) is 10.6. The van der Waals surface area contributed by atoms with Crippen molar-refractivity contribution in [1.82, 2.24) is 4.41 Å². The lowest BCUT2D eigenvalue weighted by molar-refractivity contribution is -0.384. The van der Waals surface area contributed by atoms with Crippen molar-refractivity contribution in [3.05, 3.63) is 69.8 Å². The van der Waals surface area contributed by atoms with Gasteiger partial charge < -0.3 is 0 Å². The number of nitro benzene ring substituents is 1. The van der Waals surface area contributed by atoms with Gasteiger partial charge in [-0.2, -0.15) is 9.52 Å². The van der Waals surface area contributed by atoms with Crippen molar-refractivity contribution in [3.8, 4) is 0 Å². The highest BCUT2D eigenvalue weighted by Gasteiger charge is 2.36. The van der Waals surface area contributed by atoms with E-state index in [1.54, 1.807) is 37.3 Å². The molecule has 0 spiro atoms. The van der Waals surface area contributed by atoms with E-state index >= 15 is 0 Å². The molecule has 1 N–H and O–H groups in total. The molecule has 1 heterocycles. The number of hydrazone groups is 1. The normalized spacial score (nSPS) is 16.8. The molecule has 0 aromatic heterocycles. The SMILES string of the molecule is CCCS(=O)(=O)N1N=C(c2ccc(NS(C)(=O)=O)cc2)C[C@H]1c1cccc([N+](=O)[O-])c1. The molecule has 1 atom stereocenters. The van der Waals surface area contributed by atoms with Crippen LogP contribution in [0.15, 0.2) is 53.6 Å². The van der Waals surface area contributed by atoms with Crippen molar-refractivity contribution in [2.24, 2.45) is 5.10 Å². The third-order valence-electron chi connectivity index (χ3n) is 4.61. The van der Waals surface area contributed by atoms with Gasteiger partial charge in [-0.05, 0) is 29.7 Å². The minimum Gasteiger partial charge on any atom is -0.284 e. The van der Waals surface area contributed by atoms with Gasteiger partial charge in [0.2, 0.25) is 20.0 Å². The number of hydrogen-bond donors (Lipinski definition) is 1. The molecule has 1 aliphatic heterocycles. The highest BCUT2D eigenvalue weighted by atomic mass is 32.2. The number of anilines is 1. The van der Waals surface area contributed by atoms with Gasteiger partial charge in [0.15, 0.2) is 0 Å². The van der Waals surface area contributed by atoms with E-state index in [9.17, 15) is 26.9 Å². The minimum atomic E-state index is -3.73. The molecule has 2 aromatic rings. The van der Waals surface area contributed by atoms with Gasteiger partial charge in [-0.15, -0.1) is 0 Å². The van der Waals surface area contributed by atoms with E-state index < -0.39 is 31.0 Å². The third-order valence-corrected chi connectivity index (χ3v) is 7.04. The number of nitro groups is 1. The van der Waals surface area contributed by atoms with Crippen molar-refractivity contribution >= 4 is 37.1 Å². The summed E-state index contributed by atoms with van der Waals surface area (Å²) >= 11 is 0. The molecule has 10 nitrogen and oxygen atoms in total. The van der Waals surface area contributed by atoms with E-state index in [4.69, 9.17) is 0 Å². The molecule has 0 bridgehead atoms. The molecule has 12 heteroatoms. The molecule has 1 aliphatic rings. The summed E-state index contributed by atoms with van der Waals surface area (Å²) in [7, 11) is -7.15. The lowest BCUT2D eigenvalue weighted by Gasteiger charge is -2.23. The Bertz CT molecular complexity index is 1220. The fourth-order valence-corrected chi connectivity index (χ4v) is 5.38. The number of nitrogens with one attached hydrogen (secondary N) is 1. The Labute approximate surface area is 180 Å². The van der Waals surface area contributed by atoms with Crippen LogP contribution in [0.3, 0.4) is 0 Å². The van der Waals surface area contributed by atoms with Gasteiger partial charge in [-0.3, -0.25) is 14.8 Å². The highest BCUT2D eigenvalue weighted by molar-refractivity contribution is 7.92. The van der Waals surface area contributed by atoms with E-state index in [0.29, 0.717) is 28.9 Å². The van der Waals surface area contributed by atoms with Gasteiger partial charge in [-0.25, -0.2) is 16.8 Å². The van der Waals surface area contributed by atoms with Crippen molar-refractivity contribution in [1.29, 1.82) is 0 Å². The predicted octanol–water partition coefficient (Wildman–Crippen LogP) is 2.86. The van der Waals surface area contributed by atoms with Gasteiger partial charge in [-0.1, -0.05) is 31.2 Å². The zero-order valence-corrected chi connectivity index (χ0v) is 18.6. The maximum Gasteiger partial charge on any atom is 0.269 e. The Morgan fingerprint density at radius 3 is 2.42 bits per heavy atom. The van der Waals surface area contributed by atoms with E-state index in [1.165, 1.54) is 18.2 Å². The van der Waals surface area contributed by atoms with Gasteiger partial charge in [0.1, 0.15) is 0 Å². The molecule has 0 saturated heterocycles. The van der Waals surface area contributed by atoms with Crippen LogP contribution in [0.25, 0.3) is 0 Å². The Hall–Kier alpha value is -2.99. The van der Waals surface area contributed by atoms with Crippen molar-refractivity contribution in [3.63, 3.8) is 0 Å². The molecule has 166 valence electrons. The summed E-state index contributed by atoms with van der Waals surface area (Å²) in [6.45, 7) is 1.74. The second kappa shape index (κ2) is 8.63. The first kappa shape index (κ1) is 22.7. The quantitative estimate of drug-likeness (QED) is 0.469. The summed E-state index contributed by atoms with van der Waals surface area (Å²) in [6, 6.07) is 11.6. The molecular formula is C19H22N4O6S2. The van der Waals surface area contributed by atoms with Gasteiger partial charge in [0, 0.05) is 24.2 Å². The third kappa shape index (κ3) is 5.39. The number of hydrogen-bond acceptors (Lipinski definition) is 7. The first-order valence-corrected chi connectivity index (χ1v) is 12.9. The van der Waals surface area contributed by atoms with Gasteiger partial charge in [0.25, 0.3) is 5.69 Å². The topological polar surface area (TPSA) is 139 Å². The number of sulfonamides is 2. The Kier molecular flexibility index (Phi) is 6.32. The summed E-state index contributed by atoms with van der Waals surface area (Å²) in [5, 5.41) is 15.5. The van der Waals surface area contributed by atoms with Crippen LogP contribution in [0.5, 0.6) is 0 Å². The summed E-state index contributed by atoms with van der Waals surface area (Å²) in [5.74, 6) is -0.105. The Morgan fingerprint density at radius 2 is 1.84 bits per heavy atom. The molecule has 0 amide bonds. The van der Waals surface area contributed by atoms with Crippen LogP contribution in [0, 0.1) is 10.1 Å². The predicted molar refractivity (Wildman–Crippen MR) is 118 cm³/mol. The first-order chi connectivity index (χ1) is 14.5. The second-order valence-corrected chi connectivity index (χ2v) is 10.9. The number of nitrogens with zero attached hydrogens (tertiary/aromatic N) is 3. The van der Waals surface area contributed by atoms with Crippen molar-refractivity contribution < 1.29 is 21.8 Å². The minimum absolute atomic E-state index is 0.105. The number of non-ortho nitro benzene ring substituents is 1. The lowest BCUT2D eigenvalue weighted by Crippen LogP contribution is -2.29. The molecule has 0 aliphatic carbocycles. The van der Waals surface area contributed by atoms with Gasteiger partial charge in [0.05, 0.1) is 28.7 Å². The summed E-state index contributed by atoms with van der Waals surface area (Å²) in [6.07, 6.45) is 1.67. The van der Waals surface area contributed by atoms with Crippen molar-refractivity contribution in [2.75, 3.05) is 16.7 Å². The fraction of sp³-hybridized carbons (Fsp3) is 0.316. The first-order valence-electron chi connectivity index (χ1n) is 9.42. The monoisotopic (exact) mass is 466 g/mol. The maximum absolute atomic E-state index is 12.8. The zero-order valence-electron chi connectivity index (χ0n) is 16.9. The van der Waals surface area contributed by atoms with E-state index in [1.807, 2.05) is 0 Å². The zero-order chi connectivity index (χ0) is 22.8. The molecule has 0 radical (unpaired) electrons. The molecule has 31 heavy (non-hydrogen) atoms. The highest BCUT2D eigenvalue weighted by Crippen LogP contribution is 2.36. The molecule has 0 unspecified atom stereocenters. The van der Waals surface area contributed by atoms with Crippen LogP contribution < -0.4 is 4.72 Å². The Morgan fingerprint density at radius 1 is 1.16 bits per heavy atom. The van der Waals surface area contributed by atoms with E-state index in [0.717, 1.165) is 10.7 Å². The molecule has 0 saturated carbocycles. The number of benzene rings is 2. The average Bonchev–Trinajstić information content (AvgIpc) is 3.14. The average molecular weight is 467 g/mol. The largest absolute Gasteiger partial charge is 0.284 e. The van der Waals surface area contributed by atoms with Crippen LogP contribution in [-0.2, 0) is 20.0 Å². The smallest absolute Gasteiger partial charge is 0.269 e. The van der Waals surface area contributed by atoms with Gasteiger partial charge >= 0.3 is 0 Å². The fourth-order valence-electron chi connectivity index (χ4n) is 3.31.